The van der Waals surface area contributed by atoms with Crippen LogP contribution in [0.1, 0.15) is 11.6 Å². The highest BCUT2D eigenvalue weighted by atomic mass is 35.5. The number of alkyl halides is 1. The highest BCUT2D eigenvalue weighted by Gasteiger charge is 2.22. The Morgan fingerprint density at radius 3 is 2.45 bits per heavy atom. The fourth-order valence-corrected chi connectivity index (χ4v) is 2.81. The van der Waals surface area contributed by atoms with Crippen molar-refractivity contribution in [2.45, 2.75) is 6.04 Å². The van der Waals surface area contributed by atoms with Crippen LogP contribution < -0.4 is 5.32 Å². The van der Waals surface area contributed by atoms with Crippen LogP contribution in [-0.4, -0.2) is 37.8 Å². The molecule has 2 nitrogen and oxygen atoms in total. The van der Waals surface area contributed by atoms with Gasteiger partial charge in [0.05, 0.1) is 6.04 Å². The molecule has 1 heterocycles. The second kappa shape index (κ2) is 7.02. The van der Waals surface area contributed by atoms with Crippen molar-refractivity contribution < 1.29 is 4.39 Å². The molecular formula is C16H20ClFN2. The predicted molar refractivity (Wildman–Crippen MR) is 84.4 cm³/mol. The first-order valence-electron chi connectivity index (χ1n) is 6.88. The first-order chi connectivity index (χ1) is 9.38. The lowest BCUT2D eigenvalue weighted by atomic mass is 10.0. The fourth-order valence-electron chi connectivity index (χ4n) is 2.81. The Balaban J connectivity index is 0.00000147. The lowest BCUT2D eigenvalue weighted by molar-refractivity contribution is 0.147. The first kappa shape index (κ1) is 15.2. The summed E-state index contributed by atoms with van der Waals surface area (Å²) in [6, 6.07) is 14.4. The van der Waals surface area contributed by atoms with Crippen molar-refractivity contribution in [3.05, 3.63) is 48.0 Å². The van der Waals surface area contributed by atoms with Gasteiger partial charge in [-0.05, 0) is 22.4 Å². The summed E-state index contributed by atoms with van der Waals surface area (Å²) in [6.07, 6.45) is 0. The van der Waals surface area contributed by atoms with Crippen LogP contribution in [0.15, 0.2) is 42.5 Å². The van der Waals surface area contributed by atoms with E-state index in [1.54, 1.807) is 0 Å². The molecule has 1 aliphatic heterocycles. The summed E-state index contributed by atoms with van der Waals surface area (Å²) in [5.41, 5.74) is 1.09. The molecule has 108 valence electrons. The summed E-state index contributed by atoms with van der Waals surface area (Å²) >= 11 is 0. The number of nitrogens with zero attached hydrogens (tertiary/aromatic N) is 1. The molecule has 3 rings (SSSR count). The zero-order valence-corrected chi connectivity index (χ0v) is 12.2. The number of halogens is 2. The van der Waals surface area contributed by atoms with Crippen molar-refractivity contribution in [2.75, 3.05) is 32.9 Å². The molecule has 0 aromatic heterocycles. The van der Waals surface area contributed by atoms with Gasteiger partial charge in [-0.25, -0.2) is 4.39 Å². The van der Waals surface area contributed by atoms with Crippen molar-refractivity contribution in [3.63, 3.8) is 0 Å². The maximum atomic E-state index is 13.5. The molecule has 0 saturated carbocycles. The van der Waals surface area contributed by atoms with Crippen LogP contribution in [0.3, 0.4) is 0 Å². The van der Waals surface area contributed by atoms with E-state index in [0.717, 1.165) is 31.7 Å². The third kappa shape index (κ3) is 3.11. The molecule has 0 aliphatic carbocycles. The van der Waals surface area contributed by atoms with E-state index in [2.05, 4.69) is 40.5 Å². The molecule has 1 saturated heterocycles. The molecular weight excluding hydrogens is 275 g/mol. The molecule has 0 unspecified atom stereocenters. The van der Waals surface area contributed by atoms with Crippen LogP contribution in [0.5, 0.6) is 0 Å². The van der Waals surface area contributed by atoms with E-state index in [1.807, 2.05) is 12.1 Å². The molecule has 1 fully saturated rings. The van der Waals surface area contributed by atoms with Gasteiger partial charge in [-0.1, -0.05) is 36.4 Å². The molecule has 1 atom stereocenters. The lowest BCUT2D eigenvalue weighted by Crippen LogP contribution is -2.45. The van der Waals surface area contributed by atoms with E-state index in [1.165, 1.54) is 10.8 Å². The molecule has 0 spiro atoms. The van der Waals surface area contributed by atoms with Gasteiger partial charge < -0.3 is 5.32 Å². The van der Waals surface area contributed by atoms with Gasteiger partial charge in [0.15, 0.2) is 0 Å². The summed E-state index contributed by atoms with van der Waals surface area (Å²) < 4.78 is 13.5. The number of rotatable bonds is 3. The van der Waals surface area contributed by atoms with Crippen molar-refractivity contribution in [2.24, 2.45) is 0 Å². The van der Waals surface area contributed by atoms with Gasteiger partial charge >= 0.3 is 0 Å². The Morgan fingerprint density at radius 1 is 1.05 bits per heavy atom. The van der Waals surface area contributed by atoms with E-state index in [4.69, 9.17) is 0 Å². The Hall–Kier alpha value is -1.16. The lowest BCUT2D eigenvalue weighted by Gasteiger charge is -2.33. The van der Waals surface area contributed by atoms with E-state index in [0.29, 0.717) is 0 Å². The normalized spacial score (nSPS) is 17.6. The van der Waals surface area contributed by atoms with Gasteiger partial charge in [0.25, 0.3) is 0 Å². The van der Waals surface area contributed by atoms with Gasteiger partial charge in [-0.15, -0.1) is 12.4 Å². The zero-order chi connectivity index (χ0) is 13.1. The van der Waals surface area contributed by atoms with E-state index < -0.39 is 0 Å². The molecule has 1 N–H and O–H groups in total. The Labute approximate surface area is 125 Å². The quantitative estimate of drug-likeness (QED) is 0.935. The van der Waals surface area contributed by atoms with Crippen molar-refractivity contribution in [3.8, 4) is 0 Å². The van der Waals surface area contributed by atoms with Crippen LogP contribution >= 0.6 is 12.4 Å². The van der Waals surface area contributed by atoms with Crippen molar-refractivity contribution >= 4 is 23.2 Å². The minimum absolute atomic E-state index is 0. The minimum atomic E-state index is -0.321. The number of fused-ring (bicyclic) bond motifs is 1. The van der Waals surface area contributed by atoms with Gasteiger partial charge in [0.2, 0.25) is 0 Å². The summed E-state index contributed by atoms with van der Waals surface area (Å²) in [5, 5.41) is 5.71. The number of piperazine rings is 1. The molecule has 2 aromatic rings. The van der Waals surface area contributed by atoms with E-state index in [9.17, 15) is 4.39 Å². The number of nitrogens with one attached hydrogen (secondary N) is 1. The molecule has 0 bridgehead atoms. The molecule has 1 aliphatic rings. The molecule has 0 radical (unpaired) electrons. The number of hydrogen-bond donors (Lipinski definition) is 1. The zero-order valence-electron chi connectivity index (χ0n) is 11.4. The predicted octanol–water partition coefficient (Wildman–Crippen LogP) is 3.18. The average Bonchev–Trinajstić information content (AvgIpc) is 2.49. The monoisotopic (exact) mass is 294 g/mol. The maximum absolute atomic E-state index is 13.5. The number of hydrogen-bond acceptors (Lipinski definition) is 2. The van der Waals surface area contributed by atoms with Gasteiger partial charge in [-0.2, -0.15) is 0 Å². The third-order valence-corrected chi connectivity index (χ3v) is 3.90. The van der Waals surface area contributed by atoms with E-state index in [-0.39, 0.29) is 25.1 Å². The van der Waals surface area contributed by atoms with Gasteiger partial charge in [0, 0.05) is 26.2 Å². The Kier molecular flexibility index (Phi) is 5.35. The Morgan fingerprint density at radius 2 is 1.75 bits per heavy atom. The second-order valence-corrected chi connectivity index (χ2v) is 5.06. The van der Waals surface area contributed by atoms with Crippen LogP contribution in [0.2, 0.25) is 0 Å². The first-order valence-corrected chi connectivity index (χ1v) is 6.88. The highest BCUT2D eigenvalue weighted by molar-refractivity contribution is 5.85. The second-order valence-electron chi connectivity index (χ2n) is 5.06. The molecule has 0 amide bonds. The van der Waals surface area contributed by atoms with Crippen LogP contribution in [0.4, 0.5) is 4.39 Å². The van der Waals surface area contributed by atoms with Crippen LogP contribution in [0.25, 0.3) is 10.8 Å². The summed E-state index contributed by atoms with van der Waals surface area (Å²) in [4.78, 5) is 2.24. The van der Waals surface area contributed by atoms with Crippen LogP contribution in [0, 0.1) is 0 Å². The average molecular weight is 295 g/mol. The maximum Gasteiger partial charge on any atom is 0.109 e. The largest absolute Gasteiger partial charge is 0.314 e. The summed E-state index contributed by atoms with van der Waals surface area (Å²) in [7, 11) is 0. The standard InChI is InChI=1S/C16H19FN2.ClH/c17-12-16(19-9-7-18-8-10-19)15-6-5-13-3-1-2-4-14(13)11-15;/h1-6,11,16,18H,7-10,12H2;1H/t16-;/m0./s1. The molecule has 20 heavy (non-hydrogen) atoms. The Bertz CT molecular complexity index is 555. The smallest absolute Gasteiger partial charge is 0.109 e. The number of benzene rings is 2. The molecule has 2 aromatic carbocycles. The van der Waals surface area contributed by atoms with Gasteiger partial charge in [-0.3, -0.25) is 4.90 Å². The fraction of sp³-hybridized carbons (Fsp3) is 0.375. The van der Waals surface area contributed by atoms with Crippen LogP contribution in [-0.2, 0) is 0 Å². The molecule has 4 heteroatoms. The SMILES string of the molecule is Cl.FC[C@@H](c1ccc2ccccc2c1)N1CCNCC1. The third-order valence-electron chi connectivity index (χ3n) is 3.90. The minimum Gasteiger partial charge on any atom is -0.314 e. The van der Waals surface area contributed by atoms with E-state index >= 15 is 0 Å². The summed E-state index contributed by atoms with van der Waals surface area (Å²) in [5.74, 6) is 0. The van der Waals surface area contributed by atoms with Crippen molar-refractivity contribution in [1.82, 2.24) is 10.2 Å². The summed E-state index contributed by atoms with van der Waals surface area (Å²) in [6.45, 7) is 3.41. The topological polar surface area (TPSA) is 15.3 Å². The van der Waals surface area contributed by atoms with Gasteiger partial charge in [0.1, 0.15) is 6.67 Å². The highest BCUT2D eigenvalue weighted by Crippen LogP contribution is 2.25. The van der Waals surface area contributed by atoms with Crippen molar-refractivity contribution in [1.29, 1.82) is 0 Å².